The number of esters is 1. The lowest BCUT2D eigenvalue weighted by Gasteiger charge is -2.31. The average Bonchev–Trinajstić information content (AvgIpc) is 2.88. The summed E-state index contributed by atoms with van der Waals surface area (Å²) in [5.41, 5.74) is 1.94. The van der Waals surface area contributed by atoms with Crippen LogP contribution in [0.25, 0.3) is 0 Å². The van der Waals surface area contributed by atoms with Gasteiger partial charge in [0.1, 0.15) is 5.75 Å². The van der Waals surface area contributed by atoms with E-state index in [-0.39, 0.29) is 18.4 Å². The molecule has 1 heterocycles. The van der Waals surface area contributed by atoms with Gasteiger partial charge in [-0.1, -0.05) is 48.0 Å². The Morgan fingerprint density at radius 1 is 0.941 bits per heavy atom. The van der Waals surface area contributed by atoms with Crippen LogP contribution in [0.2, 0.25) is 5.02 Å². The summed E-state index contributed by atoms with van der Waals surface area (Å²) < 4.78 is 5.58. The Balaban J connectivity index is 1.35. The Kier molecular flexibility index (Phi) is 7.60. The van der Waals surface area contributed by atoms with Crippen LogP contribution in [0, 0.1) is 5.92 Å². The molecule has 2 amide bonds. The molecule has 0 bridgehead atoms. The van der Waals surface area contributed by atoms with Crippen molar-refractivity contribution >= 4 is 29.4 Å². The number of likely N-dealkylation sites (tertiary alicyclic amines) is 1. The third-order valence-corrected chi connectivity index (χ3v) is 6.00. The van der Waals surface area contributed by atoms with Crippen molar-refractivity contribution in [3.8, 4) is 5.75 Å². The highest BCUT2D eigenvalue weighted by Gasteiger charge is 2.30. The van der Waals surface area contributed by atoms with Gasteiger partial charge < -0.3 is 15.0 Å². The molecule has 3 aromatic rings. The highest BCUT2D eigenvalue weighted by Crippen LogP contribution is 2.23. The minimum Gasteiger partial charge on any atom is -0.426 e. The Bertz CT molecular complexity index is 1160. The summed E-state index contributed by atoms with van der Waals surface area (Å²) in [6.45, 7) is 1.28. The number of amides is 2. The number of nitrogens with one attached hydrogen (secondary N) is 1. The van der Waals surface area contributed by atoms with Crippen molar-refractivity contribution in [3.05, 3.63) is 101 Å². The first-order valence-corrected chi connectivity index (χ1v) is 11.6. The molecule has 7 heteroatoms. The van der Waals surface area contributed by atoms with Gasteiger partial charge in [0.25, 0.3) is 11.8 Å². The number of nitrogens with zero attached hydrogens (tertiary/aromatic N) is 1. The third-order valence-electron chi connectivity index (χ3n) is 5.74. The van der Waals surface area contributed by atoms with Gasteiger partial charge in [0.05, 0.1) is 5.92 Å². The fraction of sp³-hybridized carbons (Fsp3) is 0.222. The Morgan fingerprint density at radius 2 is 1.71 bits per heavy atom. The fourth-order valence-electron chi connectivity index (χ4n) is 3.91. The van der Waals surface area contributed by atoms with Crippen LogP contribution in [0.3, 0.4) is 0 Å². The molecule has 34 heavy (non-hydrogen) atoms. The first kappa shape index (κ1) is 23.5. The zero-order valence-corrected chi connectivity index (χ0v) is 19.3. The lowest BCUT2D eigenvalue weighted by Crippen LogP contribution is -2.43. The summed E-state index contributed by atoms with van der Waals surface area (Å²) in [4.78, 5) is 39.8. The van der Waals surface area contributed by atoms with Crippen molar-refractivity contribution < 1.29 is 19.1 Å². The van der Waals surface area contributed by atoms with Gasteiger partial charge in [-0.2, -0.15) is 0 Å². The fourth-order valence-corrected chi connectivity index (χ4v) is 4.04. The number of hydrogen-bond acceptors (Lipinski definition) is 4. The second kappa shape index (κ2) is 11.0. The van der Waals surface area contributed by atoms with Crippen molar-refractivity contribution in [2.45, 2.75) is 19.4 Å². The van der Waals surface area contributed by atoms with Crippen LogP contribution < -0.4 is 10.1 Å². The molecule has 1 N–H and O–H groups in total. The van der Waals surface area contributed by atoms with Gasteiger partial charge in [0, 0.05) is 35.8 Å². The van der Waals surface area contributed by atoms with E-state index in [2.05, 4.69) is 5.32 Å². The maximum absolute atomic E-state index is 12.8. The van der Waals surface area contributed by atoms with Crippen molar-refractivity contribution in [1.82, 2.24) is 10.2 Å². The molecule has 1 aliphatic rings. The lowest BCUT2D eigenvalue weighted by atomic mass is 9.97. The van der Waals surface area contributed by atoms with Crippen LogP contribution in [-0.4, -0.2) is 35.8 Å². The molecule has 3 aromatic carbocycles. The van der Waals surface area contributed by atoms with Gasteiger partial charge in [-0.05, 0) is 60.9 Å². The largest absolute Gasteiger partial charge is 0.426 e. The van der Waals surface area contributed by atoms with E-state index in [0.717, 1.165) is 5.56 Å². The summed E-state index contributed by atoms with van der Waals surface area (Å²) in [5.74, 6) is -0.917. The van der Waals surface area contributed by atoms with Crippen molar-refractivity contribution in [1.29, 1.82) is 0 Å². The second-order valence-corrected chi connectivity index (χ2v) is 8.65. The number of halogens is 1. The molecule has 4 rings (SSSR count). The standard InChI is InChI=1S/C27H25ClN2O4/c28-23-13-11-20(12-14-23)26(32)30-15-5-9-22(18-30)27(33)34-24-10-4-8-21(16-24)25(31)29-17-19-6-2-1-3-7-19/h1-4,6-8,10-14,16,22H,5,9,15,17-18H2,(H,29,31). The van der Waals surface area contributed by atoms with Crippen molar-refractivity contribution in [3.63, 3.8) is 0 Å². The van der Waals surface area contributed by atoms with Crippen molar-refractivity contribution in [2.24, 2.45) is 5.92 Å². The first-order valence-electron chi connectivity index (χ1n) is 11.2. The van der Waals surface area contributed by atoms with Crippen LogP contribution in [-0.2, 0) is 11.3 Å². The maximum Gasteiger partial charge on any atom is 0.316 e. The molecule has 0 radical (unpaired) electrons. The molecule has 1 fully saturated rings. The van der Waals surface area contributed by atoms with Gasteiger partial charge in [0.2, 0.25) is 0 Å². The van der Waals surface area contributed by atoms with Crippen molar-refractivity contribution in [2.75, 3.05) is 13.1 Å². The molecule has 0 aromatic heterocycles. The molecule has 0 saturated carbocycles. The van der Waals surface area contributed by atoms with Crippen LogP contribution >= 0.6 is 11.6 Å². The van der Waals surface area contributed by atoms with Crippen LogP contribution in [0.15, 0.2) is 78.9 Å². The van der Waals surface area contributed by atoms with Crippen LogP contribution in [0.4, 0.5) is 0 Å². The van der Waals surface area contributed by atoms with Gasteiger partial charge in [-0.25, -0.2) is 0 Å². The summed E-state index contributed by atoms with van der Waals surface area (Å²) in [5, 5.41) is 3.43. The summed E-state index contributed by atoms with van der Waals surface area (Å²) in [6, 6.07) is 22.9. The average molecular weight is 477 g/mol. The van der Waals surface area contributed by atoms with E-state index in [1.165, 1.54) is 0 Å². The smallest absolute Gasteiger partial charge is 0.316 e. The summed E-state index contributed by atoms with van der Waals surface area (Å²) in [6.07, 6.45) is 1.35. The van der Waals surface area contributed by atoms with Gasteiger partial charge in [-0.15, -0.1) is 0 Å². The molecule has 1 atom stereocenters. The summed E-state index contributed by atoms with van der Waals surface area (Å²) in [7, 11) is 0. The molecule has 1 saturated heterocycles. The molecular formula is C27H25ClN2O4. The highest BCUT2D eigenvalue weighted by molar-refractivity contribution is 6.30. The minimum atomic E-state index is -0.430. The molecule has 174 valence electrons. The SMILES string of the molecule is O=C(NCc1ccccc1)c1cccc(OC(=O)C2CCCN(C(=O)c3ccc(Cl)cc3)C2)c1. The molecule has 1 unspecified atom stereocenters. The number of benzene rings is 3. The Labute approximate surface area is 203 Å². The quantitative estimate of drug-likeness (QED) is 0.412. The lowest BCUT2D eigenvalue weighted by molar-refractivity contribution is -0.140. The maximum atomic E-state index is 12.8. The number of hydrogen-bond donors (Lipinski definition) is 1. The summed E-state index contributed by atoms with van der Waals surface area (Å²) >= 11 is 5.91. The number of carbonyl (C=O) groups excluding carboxylic acids is 3. The molecule has 0 aliphatic carbocycles. The van der Waals surface area contributed by atoms with Crippen LogP contribution in [0.1, 0.15) is 39.1 Å². The predicted molar refractivity (Wildman–Crippen MR) is 130 cm³/mol. The minimum absolute atomic E-state index is 0.133. The normalized spacial score (nSPS) is 15.4. The van der Waals surface area contributed by atoms with Gasteiger partial charge in [-0.3, -0.25) is 14.4 Å². The molecule has 0 spiro atoms. The van der Waals surface area contributed by atoms with E-state index in [1.54, 1.807) is 53.4 Å². The number of carbonyl (C=O) groups is 3. The van der Waals surface area contributed by atoms with E-state index in [9.17, 15) is 14.4 Å². The topological polar surface area (TPSA) is 75.7 Å². The van der Waals surface area contributed by atoms with E-state index >= 15 is 0 Å². The zero-order valence-electron chi connectivity index (χ0n) is 18.6. The monoisotopic (exact) mass is 476 g/mol. The second-order valence-electron chi connectivity index (χ2n) is 8.21. The molecule has 1 aliphatic heterocycles. The predicted octanol–water partition coefficient (Wildman–Crippen LogP) is 4.73. The molecule has 6 nitrogen and oxygen atoms in total. The third kappa shape index (κ3) is 6.02. The van der Waals surface area contributed by atoms with E-state index in [1.807, 2.05) is 30.3 Å². The first-order chi connectivity index (χ1) is 16.5. The van der Waals surface area contributed by atoms with Gasteiger partial charge in [0.15, 0.2) is 0 Å². The molecular weight excluding hydrogens is 452 g/mol. The Hall–Kier alpha value is -3.64. The van der Waals surface area contributed by atoms with E-state index in [4.69, 9.17) is 16.3 Å². The highest BCUT2D eigenvalue weighted by atomic mass is 35.5. The van der Waals surface area contributed by atoms with E-state index in [0.29, 0.717) is 47.8 Å². The zero-order chi connectivity index (χ0) is 23.9. The van der Waals surface area contributed by atoms with Crippen LogP contribution in [0.5, 0.6) is 5.75 Å². The van der Waals surface area contributed by atoms with E-state index < -0.39 is 11.9 Å². The number of rotatable bonds is 6. The Morgan fingerprint density at radius 3 is 2.47 bits per heavy atom. The van der Waals surface area contributed by atoms with Gasteiger partial charge >= 0.3 is 5.97 Å². The number of ether oxygens (including phenoxy) is 1. The number of piperidine rings is 1.